The fourth-order valence-corrected chi connectivity index (χ4v) is 1.97. The van der Waals surface area contributed by atoms with Crippen LogP contribution in [0.15, 0.2) is 18.2 Å². The normalized spacial score (nSPS) is 10.3. The minimum atomic E-state index is 0.00245. The summed E-state index contributed by atoms with van der Waals surface area (Å²) in [5.74, 6) is 0.00245. The van der Waals surface area contributed by atoms with Gasteiger partial charge in [-0.2, -0.15) is 0 Å². The van der Waals surface area contributed by atoms with Crippen molar-refractivity contribution in [2.75, 3.05) is 24.6 Å². The van der Waals surface area contributed by atoms with Gasteiger partial charge >= 0.3 is 0 Å². The summed E-state index contributed by atoms with van der Waals surface area (Å²) in [5.41, 5.74) is 6.88. The number of hydrogen-bond acceptors (Lipinski definition) is 3. The molecule has 0 bridgehead atoms. The molecule has 0 amide bonds. The second-order valence-electron chi connectivity index (χ2n) is 3.79. The van der Waals surface area contributed by atoms with Gasteiger partial charge in [0.05, 0.1) is 17.3 Å². The molecule has 0 radical (unpaired) electrons. The number of nitrogen functional groups attached to an aromatic ring is 1. The van der Waals surface area contributed by atoms with Crippen LogP contribution in [0.4, 0.5) is 5.69 Å². The zero-order valence-electron chi connectivity index (χ0n) is 9.91. The molecule has 4 nitrogen and oxygen atoms in total. The van der Waals surface area contributed by atoms with Gasteiger partial charge in [0.25, 0.3) is 0 Å². The molecular weight excluding hydrogens is 238 g/mol. The van der Waals surface area contributed by atoms with Crippen LogP contribution in [-0.4, -0.2) is 30.6 Å². The van der Waals surface area contributed by atoms with Crippen LogP contribution < -0.4 is 10.6 Å². The number of anilines is 1. The molecule has 0 saturated heterocycles. The maximum Gasteiger partial charge on any atom is 0.122 e. The number of nitrogens with two attached hydrogens (primary N) is 1. The van der Waals surface area contributed by atoms with Crippen LogP contribution in [0.2, 0.25) is 5.02 Å². The highest BCUT2D eigenvalue weighted by Gasteiger charge is 2.10. The molecule has 0 spiro atoms. The molecule has 5 heteroatoms. The number of nitrogens with one attached hydrogen (secondary N) is 1. The first-order chi connectivity index (χ1) is 8.10. The fourth-order valence-electron chi connectivity index (χ4n) is 1.67. The van der Waals surface area contributed by atoms with Crippen molar-refractivity contribution in [3.8, 4) is 0 Å². The van der Waals surface area contributed by atoms with Crippen molar-refractivity contribution < 1.29 is 5.11 Å². The van der Waals surface area contributed by atoms with Crippen molar-refractivity contribution in [2.45, 2.75) is 13.3 Å². The Labute approximate surface area is 107 Å². The van der Waals surface area contributed by atoms with E-state index < -0.39 is 0 Å². The molecule has 0 aliphatic carbocycles. The van der Waals surface area contributed by atoms with E-state index in [9.17, 15) is 0 Å². The Bertz CT molecular complexity index is 389. The van der Waals surface area contributed by atoms with Gasteiger partial charge in [-0.05, 0) is 24.6 Å². The maximum absolute atomic E-state index is 9.02. The van der Waals surface area contributed by atoms with E-state index in [0.29, 0.717) is 17.1 Å². The molecule has 0 aromatic heterocycles. The standard InChI is InChI=1S/C12H18ClN3O/c1-2-5-16(6-7-17)11-4-3-9(12(14)15)8-10(11)13/h3-4,8,17H,2,5-7H2,1H3,(H3,14,15). The number of aliphatic hydroxyl groups excluding tert-OH is 1. The van der Waals surface area contributed by atoms with Crippen LogP contribution in [0.3, 0.4) is 0 Å². The number of hydrogen-bond donors (Lipinski definition) is 3. The average molecular weight is 256 g/mol. The number of benzene rings is 1. The van der Waals surface area contributed by atoms with E-state index in [1.165, 1.54) is 0 Å². The molecular formula is C12H18ClN3O. The number of rotatable bonds is 6. The van der Waals surface area contributed by atoms with Crippen LogP contribution in [0.25, 0.3) is 0 Å². The fraction of sp³-hybridized carbons (Fsp3) is 0.417. The number of halogens is 1. The van der Waals surface area contributed by atoms with E-state index in [1.807, 2.05) is 11.0 Å². The van der Waals surface area contributed by atoms with Crippen molar-refractivity contribution >= 4 is 23.1 Å². The average Bonchev–Trinajstić information content (AvgIpc) is 2.28. The van der Waals surface area contributed by atoms with Crippen molar-refractivity contribution in [3.05, 3.63) is 28.8 Å². The quantitative estimate of drug-likeness (QED) is 0.536. The van der Waals surface area contributed by atoms with Crippen molar-refractivity contribution in [1.82, 2.24) is 0 Å². The highest BCUT2D eigenvalue weighted by atomic mass is 35.5. The molecule has 0 aliphatic rings. The number of aliphatic hydroxyl groups is 1. The van der Waals surface area contributed by atoms with Crippen LogP contribution >= 0.6 is 11.6 Å². The molecule has 17 heavy (non-hydrogen) atoms. The Balaban J connectivity index is 2.99. The lowest BCUT2D eigenvalue weighted by atomic mass is 10.1. The van der Waals surface area contributed by atoms with Gasteiger partial charge in [-0.1, -0.05) is 18.5 Å². The summed E-state index contributed by atoms with van der Waals surface area (Å²) in [6.07, 6.45) is 0.977. The minimum absolute atomic E-state index is 0.00245. The predicted molar refractivity (Wildman–Crippen MR) is 72.1 cm³/mol. The van der Waals surface area contributed by atoms with Gasteiger partial charge in [0.2, 0.25) is 0 Å². The first-order valence-electron chi connectivity index (χ1n) is 5.60. The first-order valence-corrected chi connectivity index (χ1v) is 5.97. The Morgan fingerprint density at radius 3 is 2.65 bits per heavy atom. The van der Waals surface area contributed by atoms with Gasteiger partial charge in [0, 0.05) is 18.7 Å². The van der Waals surface area contributed by atoms with Gasteiger partial charge in [0.15, 0.2) is 0 Å². The highest BCUT2D eigenvalue weighted by Crippen LogP contribution is 2.26. The molecule has 1 aromatic carbocycles. The van der Waals surface area contributed by atoms with Gasteiger partial charge in [-0.15, -0.1) is 0 Å². The van der Waals surface area contributed by atoms with E-state index in [1.54, 1.807) is 12.1 Å². The third-order valence-electron chi connectivity index (χ3n) is 2.46. The molecule has 0 fully saturated rings. The zero-order chi connectivity index (χ0) is 12.8. The summed E-state index contributed by atoms with van der Waals surface area (Å²) in [7, 11) is 0. The Morgan fingerprint density at radius 1 is 1.47 bits per heavy atom. The summed E-state index contributed by atoms with van der Waals surface area (Å²) in [6.45, 7) is 3.54. The monoisotopic (exact) mass is 255 g/mol. The van der Waals surface area contributed by atoms with Crippen LogP contribution in [0.1, 0.15) is 18.9 Å². The Hall–Kier alpha value is -1.26. The molecule has 0 aliphatic heterocycles. The van der Waals surface area contributed by atoms with Crippen LogP contribution in [-0.2, 0) is 0 Å². The smallest absolute Gasteiger partial charge is 0.122 e. The van der Waals surface area contributed by atoms with E-state index in [2.05, 4.69) is 6.92 Å². The van der Waals surface area contributed by atoms with Crippen LogP contribution in [0.5, 0.6) is 0 Å². The summed E-state index contributed by atoms with van der Waals surface area (Å²) < 4.78 is 0. The second kappa shape index (κ2) is 6.47. The minimum Gasteiger partial charge on any atom is -0.395 e. The predicted octanol–water partition coefficient (Wildman–Crippen LogP) is 1.83. The maximum atomic E-state index is 9.02. The molecule has 0 heterocycles. The van der Waals surface area contributed by atoms with E-state index in [0.717, 1.165) is 18.7 Å². The number of nitrogens with zero attached hydrogens (tertiary/aromatic N) is 1. The zero-order valence-corrected chi connectivity index (χ0v) is 10.7. The van der Waals surface area contributed by atoms with E-state index >= 15 is 0 Å². The van der Waals surface area contributed by atoms with Crippen molar-refractivity contribution in [3.63, 3.8) is 0 Å². The molecule has 0 atom stereocenters. The van der Waals surface area contributed by atoms with Crippen LogP contribution in [0, 0.1) is 5.41 Å². The van der Waals surface area contributed by atoms with Gasteiger partial charge in [0.1, 0.15) is 5.84 Å². The Kier molecular flexibility index (Phi) is 5.25. The molecule has 1 rings (SSSR count). The van der Waals surface area contributed by atoms with Gasteiger partial charge in [-0.25, -0.2) is 0 Å². The Morgan fingerprint density at radius 2 is 2.18 bits per heavy atom. The molecule has 1 aromatic rings. The van der Waals surface area contributed by atoms with E-state index in [4.69, 9.17) is 27.9 Å². The summed E-state index contributed by atoms with van der Waals surface area (Å²) in [6, 6.07) is 5.28. The molecule has 0 saturated carbocycles. The van der Waals surface area contributed by atoms with Gasteiger partial charge in [-0.3, -0.25) is 5.41 Å². The van der Waals surface area contributed by atoms with Crippen molar-refractivity contribution in [2.24, 2.45) is 5.73 Å². The van der Waals surface area contributed by atoms with Crippen molar-refractivity contribution in [1.29, 1.82) is 5.41 Å². The lowest BCUT2D eigenvalue weighted by molar-refractivity contribution is 0.302. The molecule has 0 unspecified atom stereocenters. The largest absolute Gasteiger partial charge is 0.395 e. The summed E-state index contributed by atoms with van der Waals surface area (Å²) in [5, 5.41) is 16.9. The number of amidine groups is 1. The van der Waals surface area contributed by atoms with E-state index in [-0.39, 0.29) is 12.4 Å². The second-order valence-corrected chi connectivity index (χ2v) is 4.20. The summed E-state index contributed by atoms with van der Waals surface area (Å²) in [4.78, 5) is 2.02. The third-order valence-corrected chi connectivity index (χ3v) is 2.77. The lowest BCUT2D eigenvalue weighted by Gasteiger charge is -2.24. The highest BCUT2D eigenvalue weighted by molar-refractivity contribution is 6.33. The van der Waals surface area contributed by atoms with Gasteiger partial charge < -0.3 is 15.7 Å². The lowest BCUT2D eigenvalue weighted by Crippen LogP contribution is -2.27. The summed E-state index contributed by atoms with van der Waals surface area (Å²) >= 11 is 6.16. The molecule has 4 N–H and O–H groups in total. The topological polar surface area (TPSA) is 73.3 Å². The molecule has 94 valence electrons. The SMILES string of the molecule is CCCN(CCO)c1ccc(C(=N)N)cc1Cl. The third kappa shape index (κ3) is 3.61. The first kappa shape index (κ1) is 13.8.